The van der Waals surface area contributed by atoms with Crippen LogP contribution in [-0.4, -0.2) is 10.2 Å². The van der Waals surface area contributed by atoms with Gasteiger partial charge in [0.1, 0.15) is 4.49 Å². The number of hydrogen-bond acceptors (Lipinski definition) is 1. The van der Waals surface area contributed by atoms with Gasteiger partial charge in [-0.25, -0.2) is 0 Å². The van der Waals surface area contributed by atoms with Crippen LogP contribution in [0.1, 0.15) is 0 Å². The zero-order chi connectivity index (χ0) is 9.23. The Labute approximate surface area is 88.2 Å². The Balaban J connectivity index is 4.86. The fraction of sp³-hybridized carbons (Fsp3) is 0.250. The zero-order valence-electron chi connectivity index (χ0n) is 4.88. The molecule has 0 heterocycles. The van der Waals surface area contributed by atoms with Crippen molar-refractivity contribution in [1.29, 1.82) is 0 Å². The molecule has 0 aromatic rings. The molecule has 0 saturated carbocycles. The summed E-state index contributed by atoms with van der Waals surface area (Å²) in [6, 6.07) is 0. The van der Waals surface area contributed by atoms with Gasteiger partial charge in [0.05, 0.1) is 5.03 Å². The molecule has 11 heavy (non-hydrogen) atoms. The second-order valence-corrected chi connectivity index (χ2v) is 4.17. The van der Waals surface area contributed by atoms with Gasteiger partial charge in [-0.1, -0.05) is 58.0 Å². The lowest BCUT2D eigenvalue weighted by molar-refractivity contribution is -0.117. The number of primary amides is 1. The lowest BCUT2D eigenvalue weighted by Crippen LogP contribution is -2.33. The number of amides is 1. The van der Waals surface area contributed by atoms with Crippen LogP contribution >= 0.6 is 58.0 Å². The molecule has 0 radical (unpaired) electrons. The smallest absolute Gasteiger partial charge is 0.259 e. The highest BCUT2D eigenvalue weighted by molar-refractivity contribution is 6.68. The van der Waals surface area contributed by atoms with Crippen LogP contribution in [0, 0.1) is 0 Å². The third-order valence-corrected chi connectivity index (χ3v) is 2.74. The molecule has 0 aliphatic carbocycles. The molecule has 0 aromatic heterocycles. The van der Waals surface area contributed by atoms with Crippen LogP contribution in [0.3, 0.4) is 0 Å². The van der Waals surface area contributed by atoms with E-state index in [-0.39, 0.29) is 0 Å². The number of hydrogen-bond donors (Lipinski definition) is 1. The summed E-state index contributed by atoms with van der Waals surface area (Å²) in [5.74, 6) is -1.04. The summed E-state index contributed by atoms with van der Waals surface area (Å²) in [5.41, 5.74) is 4.77. The molecule has 0 aliphatic heterocycles. The van der Waals surface area contributed by atoms with E-state index < -0.39 is 19.8 Å². The molecular weight excluding hydrogens is 255 g/mol. The van der Waals surface area contributed by atoms with Crippen molar-refractivity contribution >= 4 is 63.9 Å². The highest BCUT2D eigenvalue weighted by Gasteiger charge is 2.37. The molecule has 0 unspecified atom stereocenters. The van der Waals surface area contributed by atoms with Crippen molar-refractivity contribution in [3.63, 3.8) is 0 Å². The Morgan fingerprint density at radius 3 is 1.64 bits per heavy atom. The average Bonchev–Trinajstić information content (AvgIpc) is 1.85. The van der Waals surface area contributed by atoms with Crippen molar-refractivity contribution in [3.8, 4) is 0 Å². The molecule has 2 nitrogen and oxygen atoms in total. The quantitative estimate of drug-likeness (QED) is 0.759. The standard InChI is InChI=1S/C4H2Cl5NO/c5-1(2(6)7)4(8,9)3(10)11/h(H2,10,11). The molecule has 0 aromatic carbocycles. The molecule has 7 heteroatoms. The van der Waals surface area contributed by atoms with Gasteiger partial charge in [0.15, 0.2) is 0 Å². The van der Waals surface area contributed by atoms with Gasteiger partial charge < -0.3 is 5.73 Å². The number of halogens is 5. The van der Waals surface area contributed by atoms with E-state index in [9.17, 15) is 4.79 Å². The first-order chi connectivity index (χ1) is 4.80. The maximum atomic E-state index is 10.5. The third-order valence-electron chi connectivity index (χ3n) is 0.751. The molecule has 0 aliphatic rings. The van der Waals surface area contributed by atoms with Crippen LogP contribution in [0.15, 0.2) is 9.52 Å². The Hall–Kier alpha value is 0.660. The normalized spacial score (nSPS) is 11.0. The monoisotopic (exact) mass is 255 g/mol. The van der Waals surface area contributed by atoms with Crippen molar-refractivity contribution in [2.45, 2.75) is 4.33 Å². The van der Waals surface area contributed by atoms with Gasteiger partial charge in [-0.3, -0.25) is 4.79 Å². The van der Waals surface area contributed by atoms with E-state index in [0.29, 0.717) is 0 Å². The minimum Gasteiger partial charge on any atom is -0.367 e. The van der Waals surface area contributed by atoms with E-state index >= 15 is 0 Å². The predicted molar refractivity (Wildman–Crippen MR) is 48.2 cm³/mol. The second kappa shape index (κ2) is 4.06. The summed E-state index contributed by atoms with van der Waals surface area (Å²) < 4.78 is -2.45. The highest BCUT2D eigenvalue weighted by Crippen LogP contribution is 2.37. The maximum Gasteiger partial charge on any atom is 0.259 e. The van der Waals surface area contributed by atoms with Crippen LogP contribution in [0.5, 0.6) is 0 Å². The van der Waals surface area contributed by atoms with Gasteiger partial charge in [0.25, 0.3) is 5.91 Å². The largest absolute Gasteiger partial charge is 0.367 e. The Kier molecular flexibility index (Phi) is 4.30. The summed E-state index contributed by atoms with van der Waals surface area (Å²) >= 11 is 26.4. The molecule has 2 N–H and O–H groups in total. The van der Waals surface area contributed by atoms with Crippen LogP contribution in [0.2, 0.25) is 0 Å². The van der Waals surface area contributed by atoms with Crippen molar-refractivity contribution < 1.29 is 4.79 Å². The number of nitrogens with two attached hydrogens (primary N) is 1. The fourth-order valence-corrected chi connectivity index (χ4v) is 0.986. The van der Waals surface area contributed by atoms with Crippen molar-refractivity contribution in [3.05, 3.63) is 9.52 Å². The molecule has 0 bridgehead atoms. The molecule has 0 atom stereocenters. The Morgan fingerprint density at radius 2 is 1.55 bits per heavy atom. The van der Waals surface area contributed by atoms with Gasteiger partial charge in [-0.15, -0.1) is 0 Å². The summed E-state index contributed by atoms with van der Waals surface area (Å²) in [6.07, 6.45) is 0. The summed E-state index contributed by atoms with van der Waals surface area (Å²) in [4.78, 5) is 10.5. The van der Waals surface area contributed by atoms with Gasteiger partial charge in [0, 0.05) is 0 Å². The van der Waals surface area contributed by atoms with Gasteiger partial charge in [-0.05, 0) is 0 Å². The van der Waals surface area contributed by atoms with E-state index in [4.69, 9.17) is 63.7 Å². The average molecular weight is 257 g/mol. The first kappa shape index (κ1) is 11.7. The topological polar surface area (TPSA) is 43.1 Å². The summed E-state index contributed by atoms with van der Waals surface area (Å²) in [6.45, 7) is 0. The number of rotatable bonds is 2. The minimum atomic E-state index is -2.06. The minimum absolute atomic E-state index is 0.393. The zero-order valence-corrected chi connectivity index (χ0v) is 8.66. The Bertz CT molecular complexity index is 207. The first-order valence-electron chi connectivity index (χ1n) is 2.19. The maximum absolute atomic E-state index is 10.5. The molecular formula is C4H2Cl5NO. The summed E-state index contributed by atoms with van der Waals surface area (Å²) in [5, 5.41) is -0.406. The number of alkyl halides is 2. The van der Waals surface area contributed by atoms with Gasteiger partial charge >= 0.3 is 0 Å². The lowest BCUT2D eigenvalue weighted by Gasteiger charge is -2.13. The lowest BCUT2D eigenvalue weighted by atomic mass is 10.4. The summed E-state index contributed by atoms with van der Waals surface area (Å²) in [7, 11) is 0. The van der Waals surface area contributed by atoms with E-state index in [1.54, 1.807) is 0 Å². The molecule has 0 spiro atoms. The Morgan fingerprint density at radius 1 is 1.18 bits per heavy atom. The first-order valence-corrected chi connectivity index (χ1v) is 4.08. The number of carbonyl (C=O) groups excluding carboxylic acids is 1. The van der Waals surface area contributed by atoms with Crippen LogP contribution in [0.25, 0.3) is 0 Å². The molecule has 0 saturated heterocycles. The number of carbonyl (C=O) groups is 1. The van der Waals surface area contributed by atoms with E-state index in [0.717, 1.165) is 0 Å². The van der Waals surface area contributed by atoms with Crippen molar-refractivity contribution in [1.82, 2.24) is 0 Å². The van der Waals surface area contributed by atoms with Crippen LogP contribution in [0.4, 0.5) is 0 Å². The third kappa shape index (κ3) is 2.88. The van der Waals surface area contributed by atoms with Crippen molar-refractivity contribution in [2.75, 3.05) is 0 Å². The van der Waals surface area contributed by atoms with Crippen molar-refractivity contribution in [2.24, 2.45) is 5.73 Å². The SMILES string of the molecule is NC(=O)C(Cl)(Cl)C(Cl)=C(Cl)Cl. The molecule has 64 valence electrons. The van der Waals surface area contributed by atoms with Gasteiger partial charge in [0.2, 0.25) is 4.33 Å². The van der Waals surface area contributed by atoms with Gasteiger partial charge in [-0.2, -0.15) is 0 Å². The molecule has 0 fully saturated rings. The highest BCUT2D eigenvalue weighted by atomic mass is 35.5. The molecule has 0 rings (SSSR count). The van der Waals surface area contributed by atoms with Crippen LogP contribution in [-0.2, 0) is 4.79 Å². The van der Waals surface area contributed by atoms with E-state index in [1.165, 1.54) is 0 Å². The second-order valence-electron chi connectivity index (χ2n) is 1.51. The van der Waals surface area contributed by atoms with E-state index in [2.05, 4.69) is 0 Å². The van der Waals surface area contributed by atoms with Crippen LogP contribution < -0.4 is 5.73 Å². The fourth-order valence-electron chi connectivity index (χ4n) is 0.227. The van der Waals surface area contributed by atoms with E-state index in [1.807, 2.05) is 0 Å². The predicted octanol–water partition coefficient (Wildman–Crippen LogP) is 2.53. The molecule has 1 amide bonds.